The summed E-state index contributed by atoms with van der Waals surface area (Å²) < 4.78 is 1.29. The molecule has 0 aliphatic heterocycles. The first kappa shape index (κ1) is 8.63. The van der Waals surface area contributed by atoms with Crippen molar-refractivity contribution in [2.45, 2.75) is 26.7 Å². The van der Waals surface area contributed by atoms with Crippen molar-refractivity contribution >= 4 is 21.6 Å². The molecule has 0 saturated heterocycles. The predicted molar refractivity (Wildman–Crippen MR) is 56.2 cm³/mol. The topological polar surface area (TPSA) is 25.8 Å². The molecule has 0 N–H and O–H groups in total. The first-order chi connectivity index (χ1) is 6.20. The Hall–Kier alpha value is -0.960. The summed E-state index contributed by atoms with van der Waals surface area (Å²) in [6, 6.07) is 0. The third kappa shape index (κ3) is 1.33. The van der Waals surface area contributed by atoms with Crippen LogP contribution >= 0.6 is 11.3 Å². The lowest BCUT2D eigenvalue weighted by molar-refractivity contribution is 0.868. The van der Waals surface area contributed by atoms with E-state index in [2.05, 4.69) is 23.8 Å². The van der Waals surface area contributed by atoms with Crippen LogP contribution < -0.4 is 0 Å². The molecule has 0 bridgehead atoms. The number of aryl methyl sites for hydroxylation is 1. The molecule has 0 radical (unpaired) electrons. The van der Waals surface area contributed by atoms with Crippen LogP contribution in [0.1, 0.15) is 31.0 Å². The van der Waals surface area contributed by atoms with Gasteiger partial charge in [0.15, 0.2) is 0 Å². The zero-order valence-corrected chi connectivity index (χ0v) is 8.85. The molecule has 68 valence electrons. The van der Waals surface area contributed by atoms with E-state index in [1.54, 1.807) is 11.3 Å². The molecule has 0 aliphatic carbocycles. The van der Waals surface area contributed by atoms with Crippen LogP contribution in [0.15, 0.2) is 11.7 Å². The molecule has 0 aromatic carbocycles. The lowest BCUT2D eigenvalue weighted by atomic mass is 10.1. The van der Waals surface area contributed by atoms with E-state index in [9.17, 15) is 0 Å². The highest BCUT2D eigenvalue weighted by molar-refractivity contribution is 7.17. The van der Waals surface area contributed by atoms with Gasteiger partial charge in [-0.1, -0.05) is 13.8 Å². The number of hydrogen-bond acceptors (Lipinski definition) is 3. The van der Waals surface area contributed by atoms with E-state index in [1.165, 1.54) is 10.3 Å². The van der Waals surface area contributed by atoms with Crippen LogP contribution in [0.25, 0.3) is 10.2 Å². The molecule has 0 fully saturated rings. The molecule has 0 aliphatic rings. The van der Waals surface area contributed by atoms with Gasteiger partial charge < -0.3 is 0 Å². The molecule has 2 aromatic heterocycles. The van der Waals surface area contributed by atoms with Gasteiger partial charge in [0.05, 0.1) is 15.9 Å². The molecule has 0 spiro atoms. The highest BCUT2D eigenvalue weighted by atomic mass is 32.1. The van der Waals surface area contributed by atoms with E-state index in [0.29, 0.717) is 5.92 Å². The first-order valence-corrected chi connectivity index (χ1v) is 5.27. The van der Waals surface area contributed by atoms with Crippen molar-refractivity contribution in [3.63, 3.8) is 0 Å². The van der Waals surface area contributed by atoms with E-state index in [1.807, 2.05) is 18.6 Å². The van der Waals surface area contributed by atoms with E-state index < -0.39 is 0 Å². The largest absolute Gasteiger partial charge is 0.259 e. The number of pyridine rings is 1. The number of hydrogen-bond donors (Lipinski definition) is 0. The smallest absolute Gasteiger partial charge is 0.103 e. The Kier molecular flexibility index (Phi) is 2.04. The van der Waals surface area contributed by atoms with Gasteiger partial charge in [-0.15, -0.1) is 11.3 Å². The van der Waals surface area contributed by atoms with E-state index in [4.69, 9.17) is 0 Å². The van der Waals surface area contributed by atoms with E-state index in [0.717, 1.165) is 11.2 Å². The summed E-state index contributed by atoms with van der Waals surface area (Å²) in [5.41, 5.74) is 5.30. The zero-order chi connectivity index (χ0) is 9.42. The Bertz CT molecular complexity index is 431. The summed E-state index contributed by atoms with van der Waals surface area (Å²) in [7, 11) is 0. The van der Waals surface area contributed by atoms with Gasteiger partial charge >= 0.3 is 0 Å². The molecular formula is C10H12N2S. The van der Waals surface area contributed by atoms with Crippen molar-refractivity contribution in [1.82, 2.24) is 9.97 Å². The van der Waals surface area contributed by atoms with Crippen LogP contribution in [0.2, 0.25) is 0 Å². The summed E-state index contributed by atoms with van der Waals surface area (Å²) in [4.78, 5) is 8.66. The molecule has 0 atom stereocenters. The lowest BCUT2D eigenvalue weighted by Crippen LogP contribution is -1.91. The third-order valence-corrected chi connectivity index (χ3v) is 3.07. The Labute approximate surface area is 81.7 Å². The summed E-state index contributed by atoms with van der Waals surface area (Å²) in [5, 5.41) is 0. The normalized spacial score (nSPS) is 11.4. The van der Waals surface area contributed by atoms with Crippen LogP contribution in [0.3, 0.4) is 0 Å². The maximum Gasteiger partial charge on any atom is 0.103 e. The summed E-state index contributed by atoms with van der Waals surface area (Å²) >= 11 is 1.71. The van der Waals surface area contributed by atoms with Gasteiger partial charge in [0.25, 0.3) is 0 Å². The third-order valence-electron chi connectivity index (χ3n) is 2.19. The molecule has 2 aromatic rings. The van der Waals surface area contributed by atoms with Crippen molar-refractivity contribution in [3.8, 4) is 0 Å². The van der Waals surface area contributed by atoms with Gasteiger partial charge in [-0.05, 0) is 18.4 Å². The minimum Gasteiger partial charge on any atom is -0.259 e. The Morgan fingerprint density at radius 3 is 2.77 bits per heavy atom. The average Bonchev–Trinajstić information content (AvgIpc) is 2.53. The van der Waals surface area contributed by atoms with Crippen LogP contribution in [0, 0.1) is 6.92 Å². The molecule has 2 rings (SSSR count). The second kappa shape index (κ2) is 3.07. The number of fused-ring (bicyclic) bond motifs is 1. The van der Waals surface area contributed by atoms with Crippen molar-refractivity contribution in [2.75, 3.05) is 0 Å². The quantitative estimate of drug-likeness (QED) is 0.693. The molecule has 3 heteroatoms. The first-order valence-electron chi connectivity index (χ1n) is 4.39. The second-order valence-electron chi connectivity index (χ2n) is 3.48. The number of aromatic nitrogens is 2. The minimum absolute atomic E-state index is 0.524. The SMILES string of the molecule is Cc1ncc(C(C)C)c2scnc12. The standard InChI is InChI=1S/C10H12N2S/c1-6(2)8-4-11-7(3)9-10(8)13-5-12-9/h4-6H,1-3H3. The number of nitrogens with zero attached hydrogens (tertiary/aromatic N) is 2. The highest BCUT2D eigenvalue weighted by Gasteiger charge is 2.09. The molecule has 0 saturated carbocycles. The van der Waals surface area contributed by atoms with Crippen molar-refractivity contribution < 1.29 is 0 Å². The van der Waals surface area contributed by atoms with Crippen molar-refractivity contribution in [3.05, 3.63) is 23.0 Å². The Morgan fingerprint density at radius 1 is 1.31 bits per heavy atom. The highest BCUT2D eigenvalue weighted by Crippen LogP contribution is 2.28. The number of thiazole rings is 1. The minimum atomic E-state index is 0.524. The fraction of sp³-hybridized carbons (Fsp3) is 0.400. The Morgan fingerprint density at radius 2 is 2.08 bits per heavy atom. The molecule has 0 unspecified atom stereocenters. The van der Waals surface area contributed by atoms with Crippen LogP contribution in [0.4, 0.5) is 0 Å². The van der Waals surface area contributed by atoms with Gasteiger partial charge in [0.1, 0.15) is 5.52 Å². The fourth-order valence-corrected chi connectivity index (χ4v) is 2.41. The maximum atomic E-state index is 4.34. The van der Waals surface area contributed by atoms with Gasteiger partial charge in [0, 0.05) is 6.20 Å². The van der Waals surface area contributed by atoms with Crippen LogP contribution in [0.5, 0.6) is 0 Å². The van der Waals surface area contributed by atoms with Crippen molar-refractivity contribution in [1.29, 1.82) is 0 Å². The molecule has 2 heterocycles. The maximum absolute atomic E-state index is 4.34. The van der Waals surface area contributed by atoms with E-state index >= 15 is 0 Å². The van der Waals surface area contributed by atoms with E-state index in [-0.39, 0.29) is 0 Å². The van der Waals surface area contributed by atoms with Gasteiger partial charge in [-0.25, -0.2) is 4.98 Å². The average molecular weight is 192 g/mol. The predicted octanol–water partition coefficient (Wildman–Crippen LogP) is 3.12. The number of rotatable bonds is 1. The summed E-state index contributed by atoms with van der Waals surface area (Å²) in [6.45, 7) is 6.38. The van der Waals surface area contributed by atoms with Crippen LogP contribution in [-0.4, -0.2) is 9.97 Å². The summed E-state index contributed by atoms with van der Waals surface area (Å²) in [5.74, 6) is 0.524. The second-order valence-corrected chi connectivity index (χ2v) is 4.34. The van der Waals surface area contributed by atoms with Gasteiger partial charge in [-0.3, -0.25) is 4.98 Å². The molecule has 2 nitrogen and oxygen atoms in total. The van der Waals surface area contributed by atoms with Gasteiger partial charge in [0.2, 0.25) is 0 Å². The molecule has 13 heavy (non-hydrogen) atoms. The molecule has 0 amide bonds. The lowest BCUT2D eigenvalue weighted by Gasteiger charge is -2.05. The summed E-state index contributed by atoms with van der Waals surface area (Å²) in [6.07, 6.45) is 1.97. The monoisotopic (exact) mass is 192 g/mol. The zero-order valence-electron chi connectivity index (χ0n) is 8.03. The van der Waals surface area contributed by atoms with Crippen LogP contribution in [-0.2, 0) is 0 Å². The van der Waals surface area contributed by atoms with Gasteiger partial charge in [-0.2, -0.15) is 0 Å². The fourth-order valence-electron chi connectivity index (χ4n) is 1.41. The Balaban J connectivity index is 2.78. The van der Waals surface area contributed by atoms with Crippen molar-refractivity contribution in [2.24, 2.45) is 0 Å². The molecular weight excluding hydrogens is 180 g/mol.